The number of nitrogens with zero attached hydrogens (tertiary/aromatic N) is 3. The minimum absolute atomic E-state index is 0.0153. The van der Waals surface area contributed by atoms with Gasteiger partial charge in [0.25, 0.3) is 11.8 Å². The molecule has 7 nitrogen and oxygen atoms in total. The molecule has 7 heteroatoms. The lowest BCUT2D eigenvalue weighted by atomic mass is 10.2. The van der Waals surface area contributed by atoms with Crippen molar-refractivity contribution in [1.29, 1.82) is 0 Å². The first-order chi connectivity index (χ1) is 10.5. The summed E-state index contributed by atoms with van der Waals surface area (Å²) in [6.45, 7) is 5.36. The zero-order valence-corrected chi connectivity index (χ0v) is 12.4. The summed E-state index contributed by atoms with van der Waals surface area (Å²) in [5.74, 6) is 1.09. The number of carbonyl (C=O) groups is 1. The molecule has 1 N–H and O–H groups in total. The third-order valence-electron chi connectivity index (χ3n) is 3.04. The highest BCUT2D eigenvalue weighted by Gasteiger charge is 2.17. The topological polar surface area (TPSA) is 94.1 Å². The first-order valence-electron chi connectivity index (χ1n) is 6.69. The summed E-state index contributed by atoms with van der Waals surface area (Å²) in [4.78, 5) is 16.4. The van der Waals surface area contributed by atoms with E-state index in [1.165, 1.54) is 0 Å². The molecule has 112 valence electrons. The Hall–Kier alpha value is -2.96. The molecule has 0 radical (unpaired) electrons. The van der Waals surface area contributed by atoms with Crippen molar-refractivity contribution in [2.75, 3.05) is 5.32 Å². The molecule has 3 heterocycles. The molecule has 0 saturated heterocycles. The van der Waals surface area contributed by atoms with E-state index in [9.17, 15) is 4.79 Å². The van der Waals surface area contributed by atoms with Crippen LogP contribution in [0.5, 0.6) is 0 Å². The molecule has 0 aliphatic rings. The van der Waals surface area contributed by atoms with Crippen molar-refractivity contribution in [1.82, 2.24) is 15.2 Å². The lowest BCUT2D eigenvalue weighted by Crippen LogP contribution is -2.12. The van der Waals surface area contributed by atoms with Gasteiger partial charge in [0.2, 0.25) is 0 Å². The number of amides is 1. The van der Waals surface area contributed by atoms with E-state index in [1.807, 2.05) is 19.1 Å². The lowest BCUT2D eigenvalue weighted by Gasteiger charge is -1.98. The second kappa shape index (κ2) is 5.44. The molecular weight excluding hydrogens is 284 g/mol. The van der Waals surface area contributed by atoms with Crippen molar-refractivity contribution in [3.8, 4) is 11.6 Å². The molecule has 0 aromatic carbocycles. The highest BCUT2D eigenvalue weighted by atomic mass is 16.4. The molecule has 0 saturated carbocycles. The van der Waals surface area contributed by atoms with Crippen LogP contribution in [0.25, 0.3) is 11.6 Å². The first-order valence-corrected chi connectivity index (χ1v) is 6.69. The average molecular weight is 298 g/mol. The molecule has 0 aliphatic heterocycles. The number of rotatable bonds is 3. The van der Waals surface area contributed by atoms with E-state index in [0.717, 1.165) is 5.69 Å². The number of aryl methyl sites for hydroxylation is 3. The van der Waals surface area contributed by atoms with Crippen LogP contribution < -0.4 is 5.32 Å². The first kappa shape index (κ1) is 14.0. The van der Waals surface area contributed by atoms with Crippen LogP contribution in [-0.4, -0.2) is 21.1 Å². The Morgan fingerprint density at radius 1 is 1.14 bits per heavy atom. The van der Waals surface area contributed by atoms with E-state index in [1.54, 1.807) is 26.0 Å². The number of hydrogen-bond acceptors (Lipinski definition) is 6. The summed E-state index contributed by atoms with van der Waals surface area (Å²) in [5, 5.41) is 10.2. The van der Waals surface area contributed by atoms with E-state index < -0.39 is 0 Å². The van der Waals surface area contributed by atoms with Gasteiger partial charge in [0.1, 0.15) is 17.2 Å². The molecule has 3 rings (SSSR count). The molecule has 0 unspecified atom stereocenters. The Kier molecular flexibility index (Phi) is 3.46. The number of aromatic nitrogens is 3. The van der Waals surface area contributed by atoms with Crippen molar-refractivity contribution in [2.45, 2.75) is 20.8 Å². The van der Waals surface area contributed by atoms with Gasteiger partial charge in [-0.3, -0.25) is 10.1 Å². The van der Waals surface area contributed by atoms with Crippen molar-refractivity contribution >= 4 is 11.9 Å². The highest BCUT2D eigenvalue weighted by molar-refractivity contribution is 6.03. The summed E-state index contributed by atoms with van der Waals surface area (Å²) in [6.07, 6.45) is 0. The summed E-state index contributed by atoms with van der Waals surface area (Å²) >= 11 is 0. The van der Waals surface area contributed by atoms with E-state index >= 15 is 0 Å². The Morgan fingerprint density at radius 2 is 1.95 bits per heavy atom. The average Bonchev–Trinajstić information content (AvgIpc) is 3.05. The number of hydrogen-bond donors (Lipinski definition) is 1. The summed E-state index contributed by atoms with van der Waals surface area (Å²) < 4.78 is 10.7. The molecular formula is C15H14N4O3. The van der Waals surface area contributed by atoms with Crippen LogP contribution in [0.1, 0.15) is 27.6 Å². The normalized spacial score (nSPS) is 10.7. The maximum Gasteiger partial charge on any atom is 0.322 e. The molecule has 0 bridgehead atoms. The van der Waals surface area contributed by atoms with Gasteiger partial charge < -0.3 is 8.83 Å². The van der Waals surface area contributed by atoms with Gasteiger partial charge in [-0.15, -0.1) is 5.10 Å². The monoisotopic (exact) mass is 298 g/mol. The van der Waals surface area contributed by atoms with Gasteiger partial charge in [0.15, 0.2) is 0 Å². The number of pyridine rings is 1. The number of anilines is 1. The van der Waals surface area contributed by atoms with Gasteiger partial charge in [-0.25, -0.2) is 4.98 Å². The molecule has 3 aromatic heterocycles. The van der Waals surface area contributed by atoms with Gasteiger partial charge >= 0.3 is 6.01 Å². The zero-order chi connectivity index (χ0) is 15.7. The lowest BCUT2D eigenvalue weighted by molar-refractivity contribution is 0.102. The second-order valence-electron chi connectivity index (χ2n) is 4.86. The summed E-state index contributed by atoms with van der Waals surface area (Å²) in [5.41, 5.74) is 1.83. The van der Waals surface area contributed by atoms with Crippen LogP contribution in [0.3, 0.4) is 0 Å². The third-order valence-corrected chi connectivity index (χ3v) is 3.04. The van der Waals surface area contributed by atoms with E-state index in [-0.39, 0.29) is 17.8 Å². The predicted octanol–water partition coefficient (Wildman–Crippen LogP) is 2.90. The Bertz CT molecular complexity index is 835. The largest absolute Gasteiger partial charge is 0.466 e. The molecule has 0 fully saturated rings. The van der Waals surface area contributed by atoms with Crippen molar-refractivity contribution in [3.05, 3.63) is 47.0 Å². The van der Waals surface area contributed by atoms with E-state index in [2.05, 4.69) is 20.5 Å². The van der Waals surface area contributed by atoms with E-state index in [4.69, 9.17) is 8.83 Å². The zero-order valence-electron chi connectivity index (χ0n) is 12.4. The quantitative estimate of drug-likeness (QED) is 0.799. The number of carbonyl (C=O) groups excluding carboxylic acids is 1. The molecule has 22 heavy (non-hydrogen) atoms. The molecule has 0 atom stereocenters. The van der Waals surface area contributed by atoms with Gasteiger partial charge in [0, 0.05) is 5.69 Å². The van der Waals surface area contributed by atoms with Gasteiger partial charge in [0.05, 0.1) is 5.56 Å². The fraction of sp³-hybridized carbons (Fsp3) is 0.200. The van der Waals surface area contributed by atoms with Crippen molar-refractivity contribution in [3.63, 3.8) is 0 Å². The van der Waals surface area contributed by atoms with Crippen LogP contribution in [0, 0.1) is 20.8 Å². The third kappa shape index (κ3) is 2.73. The predicted molar refractivity (Wildman–Crippen MR) is 78.4 cm³/mol. The Balaban J connectivity index is 1.80. The molecule has 0 aliphatic carbocycles. The molecule has 3 aromatic rings. The van der Waals surface area contributed by atoms with Crippen molar-refractivity contribution in [2.24, 2.45) is 0 Å². The van der Waals surface area contributed by atoms with Gasteiger partial charge in [-0.1, -0.05) is 11.2 Å². The van der Waals surface area contributed by atoms with Gasteiger partial charge in [-0.05, 0) is 39.0 Å². The minimum Gasteiger partial charge on any atom is -0.466 e. The fourth-order valence-corrected chi connectivity index (χ4v) is 2.06. The Morgan fingerprint density at radius 3 is 2.64 bits per heavy atom. The Labute approximate surface area is 126 Å². The van der Waals surface area contributed by atoms with Crippen LogP contribution >= 0.6 is 0 Å². The summed E-state index contributed by atoms with van der Waals surface area (Å²) in [7, 11) is 0. The number of nitrogens with one attached hydrogen (secondary N) is 1. The van der Waals surface area contributed by atoms with Crippen LogP contribution in [-0.2, 0) is 0 Å². The van der Waals surface area contributed by atoms with Crippen LogP contribution in [0.4, 0.5) is 6.01 Å². The molecule has 0 spiro atoms. The van der Waals surface area contributed by atoms with Crippen LogP contribution in [0.15, 0.2) is 33.1 Å². The van der Waals surface area contributed by atoms with Gasteiger partial charge in [-0.2, -0.15) is 0 Å². The highest BCUT2D eigenvalue weighted by Crippen LogP contribution is 2.19. The smallest absolute Gasteiger partial charge is 0.322 e. The fourth-order valence-electron chi connectivity index (χ4n) is 2.06. The SMILES string of the molecule is Cc1cccc(-c2nnc(NC(=O)c3cc(C)oc3C)o2)n1. The second-order valence-corrected chi connectivity index (χ2v) is 4.86. The maximum absolute atomic E-state index is 12.1. The minimum atomic E-state index is -0.359. The number of furan rings is 1. The maximum atomic E-state index is 12.1. The van der Waals surface area contributed by atoms with Crippen LogP contribution in [0.2, 0.25) is 0 Å². The summed E-state index contributed by atoms with van der Waals surface area (Å²) in [6, 6.07) is 7.14. The van der Waals surface area contributed by atoms with Crippen molar-refractivity contribution < 1.29 is 13.6 Å². The molecule has 1 amide bonds. The standard InChI is InChI=1S/C15H14N4O3/c1-8-5-4-6-12(16-8)14-18-19-15(22-14)17-13(20)11-7-9(2)21-10(11)3/h4-7H,1-3H3,(H,17,19,20). The van der Waals surface area contributed by atoms with E-state index in [0.29, 0.717) is 22.8 Å².